The number of carbonyl (C=O) groups excluding carboxylic acids is 12. The second-order valence-corrected chi connectivity index (χ2v) is 29.8. The molecule has 598 valence electrons. The number of nitrogens with zero attached hydrogens (tertiary/aromatic N) is 5. The number of rotatable bonds is 44. The Morgan fingerprint density at radius 2 is 1.32 bits per heavy atom. The predicted molar refractivity (Wildman–Crippen MR) is 411 cm³/mol. The summed E-state index contributed by atoms with van der Waals surface area (Å²) in [5.74, 6) is -5.66. The number of amides is 12. The Morgan fingerprint density at radius 1 is 0.676 bits per heavy atom. The Kier molecular flexibility index (Phi) is 36.9. The van der Waals surface area contributed by atoms with E-state index in [-0.39, 0.29) is 117 Å². The summed E-state index contributed by atoms with van der Waals surface area (Å²) in [6.07, 6.45) is 3.49. The Morgan fingerprint density at radius 3 is 1.91 bits per heavy atom. The zero-order valence-corrected chi connectivity index (χ0v) is 66.4. The molecule has 0 aliphatic carbocycles. The molecule has 8 N–H and O–H groups in total. The van der Waals surface area contributed by atoms with E-state index in [0.29, 0.717) is 87.9 Å². The predicted octanol–water partition coefficient (Wildman–Crippen LogP) is 7.28. The van der Waals surface area contributed by atoms with Gasteiger partial charge in [-0.05, 0) is 123 Å². The van der Waals surface area contributed by atoms with Crippen LogP contribution in [0, 0.1) is 35.5 Å². The number of hydrogen-bond acceptors (Lipinski definition) is 17. The molecule has 3 aromatic carbocycles. The Bertz CT molecular complexity index is 3450. The number of ether oxygens (including phenoxy) is 4. The van der Waals surface area contributed by atoms with Crippen LogP contribution >= 0.6 is 0 Å². The molecule has 108 heavy (non-hydrogen) atoms. The van der Waals surface area contributed by atoms with Crippen LogP contribution < -0.4 is 42.5 Å². The summed E-state index contributed by atoms with van der Waals surface area (Å²) in [7, 11) is 9.47. The van der Waals surface area contributed by atoms with Gasteiger partial charge in [0, 0.05) is 91.0 Å². The van der Waals surface area contributed by atoms with Crippen molar-refractivity contribution in [1.82, 2.24) is 46.2 Å². The van der Waals surface area contributed by atoms with Crippen LogP contribution in [0.3, 0.4) is 0 Å². The molecule has 2 saturated heterocycles. The molecule has 5 rings (SSSR count). The van der Waals surface area contributed by atoms with Crippen LogP contribution in [0.4, 0.5) is 21.0 Å². The first-order valence-electron chi connectivity index (χ1n) is 38.2. The first kappa shape index (κ1) is 89.6. The molecule has 28 nitrogen and oxygen atoms in total. The standard InChI is InChI=1S/C80H122N12O16/c1-17-52(9)70(63(105-14)47-66(95)91-43-26-30-62(91)71(106-15)53(10)72(96)85-61(78(102)107-16)45-55-27-21-19-22-28-55)90(13)77(101)68(50(5)6)87-75(99)69(51(7)8)88(11)44-40-54-34-38-59(39-35-54)89(12)80(104)108-48-56-32-36-58(37-33-56)83-73(97)60(29-25-41-82-79(81)103)84-74(98)67(49(3)4)86-64(93)31-23-20-24-42-92-65(94)46-57(18-2)76(92)100/h19,21-22,27-28,32-39,49-53,57,60-63,67-71H,17-18,20,23-26,29-31,40-48H2,1-16H3,(H,83,97)(H,84,98)(H,85,96)(H,86,93)(H,87,99)(H3,81,82,103)/t52-,53+,57?,60-,61-,62-,63+,67-,68-,69-,70-,71+/m0/s1. The molecule has 12 atom stereocenters. The van der Waals surface area contributed by atoms with Gasteiger partial charge in [0.15, 0.2) is 0 Å². The molecular formula is C80H122N12O16. The van der Waals surface area contributed by atoms with Gasteiger partial charge in [0.2, 0.25) is 53.2 Å². The number of anilines is 2. The highest BCUT2D eigenvalue weighted by molar-refractivity contribution is 6.03. The van der Waals surface area contributed by atoms with Crippen molar-refractivity contribution in [3.05, 3.63) is 95.6 Å². The number of benzene rings is 3. The van der Waals surface area contributed by atoms with Gasteiger partial charge in [-0.25, -0.2) is 14.4 Å². The zero-order chi connectivity index (χ0) is 80.1. The molecule has 3 aromatic rings. The maximum Gasteiger partial charge on any atom is 0.414 e. The lowest BCUT2D eigenvalue weighted by Crippen LogP contribution is -2.60. The molecule has 2 aliphatic heterocycles. The highest BCUT2D eigenvalue weighted by Crippen LogP contribution is 2.31. The number of hydrogen-bond donors (Lipinski definition) is 7. The molecule has 2 heterocycles. The third-order valence-corrected chi connectivity index (χ3v) is 20.9. The highest BCUT2D eigenvalue weighted by atomic mass is 16.6. The molecule has 0 saturated carbocycles. The van der Waals surface area contributed by atoms with Gasteiger partial charge in [-0.2, -0.15) is 0 Å². The Hall–Kier alpha value is -9.02. The zero-order valence-electron chi connectivity index (χ0n) is 66.4. The fourth-order valence-electron chi connectivity index (χ4n) is 14.2. The molecule has 0 bridgehead atoms. The lowest BCUT2D eigenvalue weighted by atomic mass is 9.89. The first-order valence-corrected chi connectivity index (χ1v) is 38.2. The van der Waals surface area contributed by atoms with Crippen LogP contribution in [0.25, 0.3) is 0 Å². The number of likely N-dealkylation sites (N-methyl/N-ethyl adjacent to an activating group) is 2. The molecular weight excluding hydrogens is 1380 g/mol. The van der Waals surface area contributed by atoms with Gasteiger partial charge in [0.05, 0.1) is 49.8 Å². The highest BCUT2D eigenvalue weighted by Gasteiger charge is 2.45. The van der Waals surface area contributed by atoms with E-state index in [1.54, 1.807) is 81.1 Å². The van der Waals surface area contributed by atoms with Crippen LogP contribution in [0.2, 0.25) is 0 Å². The average molecular weight is 1510 g/mol. The minimum atomic E-state index is -1.08. The topological polar surface area (TPSA) is 356 Å². The second-order valence-electron chi connectivity index (χ2n) is 29.8. The average Bonchev–Trinajstić information content (AvgIpc) is 1.64. The van der Waals surface area contributed by atoms with Crippen molar-refractivity contribution in [1.29, 1.82) is 0 Å². The number of carbonyl (C=O) groups is 12. The molecule has 0 aromatic heterocycles. The summed E-state index contributed by atoms with van der Waals surface area (Å²) >= 11 is 0. The van der Waals surface area contributed by atoms with Gasteiger partial charge in [-0.3, -0.25) is 57.9 Å². The monoisotopic (exact) mass is 1510 g/mol. The van der Waals surface area contributed by atoms with E-state index in [0.717, 1.165) is 11.1 Å². The van der Waals surface area contributed by atoms with Crippen molar-refractivity contribution in [2.75, 3.05) is 78.9 Å². The van der Waals surface area contributed by atoms with E-state index in [2.05, 4.69) is 31.9 Å². The number of nitrogens with one attached hydrogen (secondary N) is 6. The van der Waals surface area contributed by atoms with E-state index < -0.39 is 96.2 Å². The molecule has 12 amide bonds. The van der Waals surface area contributed by atoms with Crippen LogP contribution in [0.15, 0.2) is 78.9 Å². The van der Waals surface area contributed by atoms with Gasteiger partial charge in [0.25, 0.3) is 0 Å². The fourth-order valence-corrected chi connectivity index (χ4v) is 14.2. The van der Waals surface area contributed by atoms with Gasteiger partial charge in [-0.1, -0.05) is 137 Å². The molecule has 0 radical (unpaired) electrons. The van der Waals surface area contributed by atoms with Crippen LogP contribution in [0.1, 0.15) is 163 Å². The van der Waals surface area contributed by atoms with E-state index in [4.69, 9.17) is 24.7 Å². The summed E-state index contributed by atoms with van der Waals surface area (Å²) in [6, 6.07) is 17.0. The van der Waals surface area contributed by atoms with Crippen molar-refractivity contribution < 1.29 is 76.5 Å². The van der Waals surface area contributed by atoms with Crippen molar-refractivity contribution in [3.63, 3.8) is 0 Å². The van der Waals surface area contributed by atoms with E-state index in [1.807, 2.05) is 103 Å². The van der Waals surface area contributed by atoms with E-state index in [1.165, 1.54) is 31.1 Å². The molecule has 28 heteroatoms. The van der Waals surface area contributed by atoms with Gasteiger partial charge in [-0.15, -0.1) is 0 Å². The third kappa shape index (κ3) is 26.4. The van der Waals surface area contributed by atoms with Crippen molar-refractivity contribution >= 4 is 82.6 Å². The summed E-state index contributed by atoms with van der Waals surface area (Å²) in [4.78, 5) is 169. The summed E-state index contributed by atoms with van der Waals surface area (Å²) < 4.78 is 22.9. The second kappa shape index (κ2) is 44.5. The Balaban J connectivity index is 1.13. The smallest absolute Gasteiger partial charge is 0.414 e. The van der Waals surface area contributed by atoms with Crippen LogP contribution in [-0.4, -0.2) is 214 Å². The third-order valence-electron chi connectivity index (χ3n) is 20.9. The van der Waals surface area contributed by atoms with Gasteiger partial charge >= 0.3 is 18.1 Å². The number of unbranched alkanes of at least 4 members (excludes halogenated alkanes) is 2. The quantitative estimate of drug-likeness (QED) is 0.0166. The fraction of sp³-hybridized carbons (Fsp3) is 0.625. The molecule has 0 spiro atoms. The lowest BCUT2D eigenvalue weighted by molar-refractivity contribution is -0.149. The normalized spacial score (nSPS) is 17.2. The summed E-state index contributed by atoms with van der Waals surface area (Å²) in [6.45, 7) is 20.1. The number of methoxy groups -OCH3 is 3. The number of likely N-dealkylation sites (tertiary alicyclic amines) is 2. The molecule has 1 unspecified atom stereocenters. The van der Waals surface area contributed by atoms with Gasteiger partial charge < -0.3 is 66.4 Å². The van der Waals surface area contributed by atoms with Crippen molar-refractivity contribution in [2.45, 2.75) is 220 Å². The number of urea groups is 1. The van der Waals surface area contributed by atoms with Gasteiger partial charge in [0.1, 0.15) is 30.8 Å². The lowest BCUT2D eigenvalue weighted by Gasteiger charge is -2.41. The summed E-state index contributed by atoms with van der Waals surface area (Å²) in [5, 5.41) is 16.9. The van der Waals surface area contributed by atoms with E-state index >= 15 is 0 Å². The van der Waals surface area contributed by atoms with Crippen LogP contribution in [-0.2, 0) is 86.3 Å². The number of primary amides is 1. The molecule has 2 aliphatic rings. The van der Waals surface area contributed by atoms with Crippen LogP contribution in [0.5, 0.6) is 0 Å². The first-order chi connectivity index (χ1) is 51.3. The number of esters is 1. The SMILES string of the molecule is CCC1CC(=O)N(CCCCCC(=O)N[C@H](C(=O)N[C@@H](CCCNC(N)=O)C(=O)Nc2ccc(COC(=O)N(C)c3ccc(CCN(C)[C@H](C(=O)N[C@H](C(=O)N(C)[C@@H]([C@@H](C)CC)[C@@H](CC(=O)N4CCC[C@H]4[C@H](OC)[C@@H](C)C(=O)N[C@@H](Cc4ccccc4)C(=O)OC)OC)C(C)C)C(C)C)cc3)cc2)C(C)C)C1=O. The molecule has 2 fully saturated rings. The number of nitrogens with two attached hydrogens (primary N) is 1. The number of imide groups is 1. The maximum absolute atomic E-state index is 14.9. The minimum absolute atomic E-state index is 0.0692. The van der Waals surface area contributed by atoms with E-state index in [9.17, 15) is 57.5 Å². The van der Waals surface area contributed by atoms with Crippen molar-refractivity contribution in [3.8, 4) is 0 Å². The summed E-state index contributed by atoms with van der Waals surface area (Å²) in [5.41, 5.74) is 8.62. The minimum Gasteiger partial charge on any atom is -0.467 e. The Labute approximate surface area is 638 Å². The van der Waals surface area contributed by atoms with Crippen molar-refractivity contribution in [2.24, 2.45) is 41.2 Å². The largest absolute Gasteiger partial charge is 0.467 e. The maximum atomic E-state index is 14.9.